The minimum Gasteiger partial charge on any atom is -0.343 e. The minimum absolute atomic E-state index is 0.0547. The molecule has 2 aromatic rings. The lowest BCUT2D eigenvalue weighted by molar-refractivity contribution is -0.123. The van der Waals surface area contributed by atoms with E-state index in [1.54, 1.807) is 11.4 Å². The van der Waals surface area contributed by atoms with Gasteiger partial charge in [0.25, 0.3) is 5.91 Å². The summed E-state index contributed by atoms with van der Waals surface area (Å²) in [5, 5.41) is 12.2. The van der Waals surface area contributed by atoms with Crippen molar-refractivity contribution in [2.75, 3.05) is 6.54 Å². The number of hydrogen-bond donors (Lipinski definition) is 1. The number of nitrogens with one attached hydrogen (secondary N) is 1. The molecule has 2 rings (SSSR count). The molecule has 0 aliphatic heterocycles. The van der Waals surface area contributed by atoms with Crippen molar-refractivity contribution in [2.24, 2.45) is 0 Å². The molecule has 1 aromatic carbocycles. The molecule has 0 saturated heterocycles. The van der Waals surface area contributed by atoms with Crippen molar-refractivity contribution in [2.45, 2.75) is 6.18 Å². The van der Waals surface area contributed by atoms with E-state index in [0.29, 0.717) is 5.69 Å². The van der Waals surface area contributed by atoms with E-state index < -0.39 is 18.6 Å². The first-order chi connectivity index (χ1) is 8.97. The molecule has 1 aromatic heterocycles. The SMILES string of the molecule is O=C(NCC(F)(F)F)c1ccccc1-n1cnnn1. The lowest BCUT2D eigenvalue weighted by Crippen LogP contribution is -2.34. The Morgan fingerprint density at radius 1 is 1.32 bits per heavy atom. The van der Waals surface area contributed by atoms with Crippen molar-refractivity contribution in [3.63, 3.8) is 0 Å². The number of hydrogen-bond acceptors (Lipinski definition) is 4. The summed E-state index contributed by atoms with van der Waals surface area (Å²) in [6.45, 7) is -1.39. The molecule has 1 amide bonds. The van der Waals surface area contributed by atoms with Gasteiger partial charge in [-0.2, -0.15) is 17.9 Å². The largest absolute Gasteiger partial charge is 0.405 e. The fraction of sp³-hybridized carbons (Fsp3) is 0.200. The van der Waals surface area contributed by atoms with Gasteiger partial charge in [-0.15, -0.1) is 5.10 Å². The van der Waals surface area contributed by atoms with Crippen LogP contribution in [0.2, 0.25) is 0 Å². The first kappa shape index (κ1) is 13.0. The van der Waals surface area contributed by atoms with Gasteiger partial charge in [-0.1, -0.05) is 12.1 Å². The van der Waals surface area contributed by atoms with Crippen LogP contribution in [-0.4, -0.2) is 38.8 Å². The Bertz CT molecular complexity index is 567. The van der Waals surface area contributed by atoms with Gasteiger partial charge in [-0.3, -0.25) is 4.79 Å². The molecular formula is C10H8F3N5O. The average Bonchev–Trinajstić information content (AvgIpc) is 2.89. The third kappa shape index (κ3) is 3.27. The smallest absolute Gasteiger partial charge is 0.343 e. The van der Waals surface area contributed by atoms with E-state index in [1.165, 1.54) is 29.2 Å². The van der Waals surface area contributed by atoms with Crippen LogP contribution in [0.15, 0.2) is 30.6 Å². The zero-order chi connectivity index (χ0) is 13.9. The molecule has 0 bridgehead atoms. The van der Waals surface area contributed by atoms with Crippen molar-refractivity contribution in [3.05, 3.63) is 36.2 Å². The molecule has 6 nitrogen and oxygen atoms in total. The Hall–Kier alpha value is -2.45. The van der Waals surface area contributed by atoms with Gasteiger partial charge in [0, 0.05) is 0 Å². The number of carbonyl (C=O) groups is 1. The second-order valence-corrected chi connectivity index (χ2v) is 3.57. The summed E-state index contributed by atoms with van der Waals surface area (Å²) < 4.78 is 37.4. The molecule has 0 radical (unpaired) electrons. The number of rotatable bonds is 3. The molecule has 19 heavy (non-hydrogen) atoms. The van der Waals surface area contributed by atoms with Crippen LogP contribution in [-0.2, 0) is 0 Å². The maximum Gasteiger partial charge on any atom is 0.405 e. The fourth-order valence-electron chi connectivity index (χ4n) is 1.41. The van der Waals surface area contributed by atoms with Crippen molar-refractivity contribution in [3.8, 4) is 5.69 Å². The van der Waals surface area contributed by atoms with Crippen molar-refractivity contribution < 1.29 is 18.0 Å². The van der Waals surface area contributed by atoms with Crippen LogP contribution in [0.5, 0.6) is 0 Å². The number of amides is 1. The fourth-order valence-corrected chi connectivity index (χ4v) is 1.41. The van der Waals surface area contributed by atoms with Crippen LogP contribution in [0, 0.1) is 0 Å². The molecule has 0 spiro atoms. The molecular weight excluding hydrogens is 263 g/mol. The first-order valence-electron chi connectivity index (χ1n) is 5.15. The van der Waals surface area contributed by atoms with E-state index in [9.17, 15) is 18.0 Å². The second kappa shape index (κ2) is 5.04. The minimum atomic E-state index is -4.46. The summed E-state index contributed by atoms with van der Waals surface area (Å²) in [5.41, 5.74) is 0.353. The zero-order valence-corrected chi connectivity index (χ0v) is 9.42. The van der Waals surface area contributed by atoms with E-state index in [-0.39, 0.29) is 5.56 Å². The monoisotopic (exact) mass is 271 g/mol. The molecule has 0 aliphatic carbocycles. The molecule has 1 N–H and O–H groups in total. The summed E-state index contributed by atoms with van der Waals surface area (Å²) in [6, 6.07) is 6.08. The van der Waals surface area contributed by atoms with Gasteiger partial charge in [-0.25, -0.2) is 0 Å². The van der Waals surface area contributed by atoms with Gasteiger partial charge in [0.1, 0.15) is 12.9 Å². The quantitative estimate of drug-likeness (QED) is 0.902. The molecule has 100 valence electrons. The van der Waals surface area contributed by atoms with E-state index in [2.05, 4.69) is 15.5 Å². The molecule has 0 atom stereocenters. The highest BCUT2D eigenvalue weighted by molar-refractivity contribution is 5.97. The average molecular weight is 271 g/mol. The van der Waals surface area contributed by atoms with E-state index >= 15 is 0 Å². The highest BCUT2D eigenvalue weighted by atomic mass is 19.4. The predicted octanol–water partition coefficient (Wildman–Crippen LogP) is 0.954. The van der Waals surface area contributed by atoms with Crippen LogP contribution >= 0.6 is 0 Å². The third-order valence-electron chi connectivity index (χ3n) is 2.19. The Labute approximate surface area is 105 Å². The van der Waals surface area contributed by atoms with E-state index in [1.807, 2.05) is 0 Å². The van der Waals surface area contributed by atoms with Gasteiger partial charge in [0.05, 0.1) is 11.3 Å². The number of carbonyl (C=O) groups excluding carboxylic acids is 1. The molecule has 0 saturated carbocycles. The molecule has 1 heterocycles. The lowest BCUT2D eigenvalue weighted by Gasteiger charge is -2.10. The number of nitrogens with zero attached hydrogens (tertiary/aromatic N) is 4. The Balaban J connectivity index is 2.23. The van der Waals surface area contributed by atoms with Gasteiger partial charge in [-0.05, 0) is 22.6 Å². The lowest BCUT2D eigenvalue weighted by atomic mass is 10.1. The van der Waals surface area contributed by atoms with Gasteiger partial charge >= 0.3 is 6.18 Å². The Kier molecular flexibility index (Phi) is 3.45. The van der Waals surface area contributed by atoms with Crippen molar-refractivity contribution in [1.82, 2.24) is 25.5 Å². The summed E-state index contributed by atoms with van der Waals surface area (Å²) in [6.07, 6.45) is -3.21. The molecule has 0 unspecified atom stereocenters. The Morgan fingerprint density at radius 3 is 2.68 bits per heavy atom. The van der Waals surface area contributed by atoms with Gasteiger partial charge < -0.3 is 5.32 Å². The van der Waals surface area contributed by atoms with E-state index in [0.717, 1.165) is 0 Å². The van der Waals surface area contributed by atoms with Crippen molar-refractivity contribution >= 4 is 5.91 Å². The van der Waals surface area contributed by atoms with Crippen LogP contribution < -0.4 is 5.32 Å². The number of para-hydroxylation sites is 1. The van der Waals surface area contributed by atoms with Crippen molar-refractivity contribution in [1.29, 1.82) is 0 Å². The van der Waals surface area contributed by atoms with Crippen LogP contribution in [0.3, 0.4) is 0 Å². The molecule has 9 heteroatoms. The number of alkyl halides is 3. The van der Waals surface area contributed by atoms with Gasteiger partial charge in [0.2, 0.25) is 0 Å². The van der Waals surface area contributed by atoms with Crippen LogP contribution in [0.1, 0.15) is 10.4 Å². The topological polar surface area (TPSA) is 72.7 Å². The van der Waals surface area contributed by atoms with Crippen LogP contribution in [0.4, 0.5) is 13.2 Å². The number of halogens is 3. The molecule has 0 aliphatic rings. The highest BCUT2D eigenvalue weighted by Gasteiger charge is 2.28. The molecule has 0 fully saturated rings. The van der Waals surface area contributed by atoms with Crippen LogP contribution in [0.25, 0.3) is 5.69 Å². The summed E-state index contributed by atoms with van der Waals surface area (Å²) in [5.74, 6) is -0.844. The maximum absolute atomic E-state index is 12.1. The standard InChI is InChI=1S/C10H8F3N5O/c11-10(12,13)5-14-9(19)7-3-1-2-4-8(7)18-6-15-16-17-18/h1-4,6H,5H2,(H,14,19). The van der Waals surface area contributed by atoms with E-state index in [4.69, 9.17) is 0 Å². The summed E-state index contributed by atoms with van der Waals surface area (Å²) in [4.78, 5) is 11.7. The maximum atomic E-state index is 12.1. The summed E-state index contributed by atoms with van der Waals surface area (Å²) in [7, 11) is 0. The second-order valence-electron chi connectivity index (χ2n) is 3.57. The van der Waals surface area contributed by atoms with Gasteiger partial charge in [0.15, 0.2) is 0 Å². The number of tetrazole rings is 1. The highest BCUT2D eigenvalue weighted by Crippen LogP contribution is 2.15. The third-order valence-corrected chi connectivity index (χ3v) is 2.19. The predicted molar refractivity (Wildman–Crippen MR) is 57.5 cm³/mol. The Morgan fingerprint density at radius 2 is 2.05 bits per heavy atom. The number of aromatic nitrogens is 4. The number of benzene rings is 1. The zero-order valence-electron chi connectivity index (χ0n) is 9.42. The normalized spacial score (nSPS) is 11.3. The first-order valence-corrected chi connectivity index (χ1v) is 5.15. The summed E-state index contributed by atoms with van der Waals surface area (Å²) >= 11 is 0.